The molecule has 0 aliphatic carbocycles. The fourth-order valence-electron chi connectivity index (χ4n) is 2.18. The minimum Gasteiger partial charge on any atom is -0.489 e. The average molecular weight is 451 g/mol. The molecule has 0 atom stereocenters. The number of aryl methyl sites for hydroxylation is 1. The first kappa shape index (κ1) is 18.9. The van der Waals surface area contributed by atoms with E-state index in [2.05, 4.69) is 26.2 Å². The third-order valence-electron chi connectivity index (χ3n) is 3.39. The van der Waals surface area contributed by atoms with Gasteiger partial charge in [0.05, 0.1) is 11.1 Å². The smallest absolute Gasteiger partial charge is 0.263 e. The fourth-order valence-corrected chi connectivity index (χ4v) is 3.59. The minimum atomic E-state index is -0.193. The van der Waals surface area contributed by atoms with Gasteiger partial charge in [-0.25, -0.2) is 0 Å². The van der Waals surface area contributed by atoms with Crippen molar-refractivity contribution in [2.24, 2.45) is 0 Å². The Morgan fingerprint density at radius 3 is 2.77 bits per heavy atom. The van der Waals surface area contributed by atoms with Crippen LogP contribution in [0.1, 0.15) is 11.3 Å². The standard InChI is InChI=1S/C18H15BrN2O3S2/c1-11-2-4-14(10-20-11)23-6-7-24-15-5-3-13(19)8-12(15)9-16-17(22)21-18(25)26-16/h2-5,8-10H,6-7H2,1H3,(H,21,22,25). The van der Waals surface area contributed by atoms with Gasteiger partial charge in [-0.15, -0.1) is 0 Å². The van der Waals surface area contributed by atoms with Crippen LogP contribution in [0.25, 0.3) is 6.08 Å². The lowest BCUT2D eigenvalue weighted by Crippen LogP contribution is -2.17. The summed E-state index contributed by atoms with van der Waals surface area (Å²) in [4.78, 5) is 16.6. The highest BCUT2D eigenvalue weighted by molar-refractivity contribution is 9.10. The Hall–Kier alpha value is -1.90. The molecule has 5 nitrogen and oxygen atoms in total. The molecule has 1 saturated heterocycles. The van der Waals surface area contributed by atoms with Gasteiger partial charge in [-0.1, -0.05) is 39.9 Å². The summed E-state index contributed by atoms with van der Waals surface area (Å²) in [6.45, 7) is 2.67. The topological polar surface area (TPSA) is 60.5 Å². The van der Waals surface area contributed by atoms with E-state index in [1.807, 2.05) is 37.3 Å². The van der Waals surface area contributed by atoms with E-state index in [-0.39, 0.29) is 5.91 Å². The van der Waals surface area contributed by atoms with E-state index < -0.39 is 0 Å². The molecule has 1 aromatic carbocycles. The third-order valence-corrected chi connectivity index (χ3v) is 5.05. The van der Waals surface area contributed by atoms with Gasteiger partial charge >= 0.3 is 0 Å². The molecule has 1 N–H and O–H groups in total. The van der Waals surface area contributed by atoms with Crippen molar-refractivity contribution in [2.45, 2.75) is 6.92 Å². The van der Waals surface area contributed by atoms with Crippen molar-refractivity contribution in [1.29, 1.82) is 0 Å². The summed E-state index contributed by atoms with van der Waals surface area (Å²) in [5.41, 5.74) is 1.73. The zero-order valence-electron chi connectivity index (χ0n) is 13.8. The number of hydrogen-bond donors (Lipinski definition) is 1. The van der Waals surface area contributed by atoms with Gasteiger partial charge in [0.15, 0.2) is 0 Å². The maximum Gasteiger partial charge on any atom is 0.263 e. The molecule has 0 bridgehead atoms. The average Bonchev–Trinajstić information content (AvgIpc) is 2.92. The number of ether oxygens (including phenoxy) is 2. The summed E-state index contributed by atoms with van der Waals surface area (Å²) in [6.07, 6.45) is 3.45. The summed E-state index contributed by atoms with van der Waals surface area (Å²) in [5, 5.41) is 2.60. The van der Waals surface area contributed by atoms with Gasteiger partial charge in [-0.2, -0.15) is 0 Å². The van der Waals surface area contributed by atoms with Crippen molar-refractivity contribution in [3.63, 3.8) is 0 Å². The summed E-state index contributed by atoms with van der Waals surface area (Å²) in [5.74, 6) is 1.17. The van der Waals surface area contributed by atoms with Crippen LogP contribution in [-0.4, -0.2) is 28.4 Å². The predicted octanol–water partition coefficient (Wildman–Crippen LogP) is 4.10. The molecule has 134 valence electrons. The zero-order chi connectivity index (χ0) is 18.5. The first-order valence-corrected chi connectivity index (χ1v) is 9.76. The van der Waals surface area contributed by atoms with Gasteiger partial charge in [0.2, 0.25) is 0 Å². The Balaban J connectivity index is 1.64. The number of nitrogens with zero attached hydrogens (tertiary/aromatic N) is 1. The van der Waals surface area contributed by atoms with Crippen LogP contribution >= 0.6 is 39.9 Å². The Morgan fingerprint density at radius 2 is 2.08 bits per heavy atom. The number of benzene rings is 1. The number of nitrogens with one attached hydrogen (secondary N) is 1. The summed E-state index contributed by atoms with van der Waals surface area (Å²) in [6, 6.07) is 9.39. The number of halogens is 1. The van der Waals surface area contributed by atoms with E-state index >= 15 is 0 Å². The SMILES string of the molecule is Cc1ccc(OCCOc2ccc(Br)cc2C=C2SC(=S)NC2=O)cn1. The normalized spacial score (nSPS) is 15.2. The van der Waals surface area contributed by atoms with Crippen molar-refractivity contribution in [1.82, 2.24) is 10.3 Å². The van der Waals surface area contributed by atoms with E-state index in [1.165, 1.54) is 11.8 Å². The van der Waals surface area contributed by atoms with Gasteiger partial charge in [0.25, 0.3) is 5.91 Å². The van der Waals surface area contributed by atoms with Crippen molar-refractivity contribution >= 4 is 56.2 Å². The number of carbonyl (C=O) groups is 1. The maximum absolute atomic E-state index is 11.9. The fraction of sp³-hybridized carbons (Fsp3) is 0.167. The molecule has 1 amide bonds. The number of amides is 1. The van der Waals surface area contributed by atoms with E-state index in [0.29, 0.717) is 33.9 Å². The monoisotopic (exact) mass is 450 g/mol. The molecule has 1 aromatic heterocycles. The van der Waals surface area contributed by atoms with Crippen LogP contribution in [-0.2, 0) is 4.79 Å². The van der Waals surface area contributed by atoms with Crippen LogP contribution in [0.15, 0.2) is 45.9 Å². The highest BCUT2D eigenvalue weighted by Crippen LogP contribution is 2.31. The molecular weight excluding hydrogens is 436 g/mol. The zero-order valence-corrected chi connectivity index (χ0v) is 17.0. The van der Waals surface area contributed by atoms with E-state index in [9.17, 15) is 4.79 Å². The van der Waals surface area contributed by atoms with Crippen LogP contribution in [0.4, 0.5) is 0 Å². The molecule has 2 heterocycles. The first-order chi connectivity index (χ1) is 12.5. The Bertz CT molecular complexity index is 869. The number of rotatable bonds is 6. The van der Waals surface area contributed by atoms with Crippen molar-refractivity contribution < 1.29 is 14.3 Å². The number of aromatic nitrogens is 1. The lowest BCUT2D eigenvalue weighted by molar-refractivity contribution is -0.115. The second kappa shape index (κ2) is 8.66. The van der Waals surface area contributed by atoms with Crippen molar-refractivity contribution in [3.8, 4) is 11.5 Å². The summed E-state index contributed by atoms with van der Waals surface area (Å²) in [7, 11) is 0. The lowest BCUT2D eigenvalue weighted by Gasteiger charge is -2.11. The number of thioether (sulfide) groups is 1. The molecule has 0 spiro atoms. The summed E-state index contributed by atoms with van der Waals surface area (Å²) >= 11 is 9.70. The number of hydrogen-bond acceptors (Lipinski definition) is 6. The number of thiocarbonyl (C=S) groups is 1. The Kier molecular flexibility index (Phi) is 6.29. The molecule has 0 unspecified atom stereocenters. The predicted molar refractivity (Wildman–Crippen MR) is 110 cm³/mol. The molecular formula is C18H15BrN2O3S2. The first-order valence-electron chi connectivity index (χ1n) is 7.74. The van der Waals surface area contributed by atoms with E-state index in [1.54, 1.807) is 12.3 Å². The van der Waals surface area contributed by atoms with Crippen LogP contribution < -0.4 is 14.8 Å². The van der Waals surface area contributed by atoms with Crippen molar-refractivity contribution in [2.75, 3.05) is 13.2 Å². The Morgan fingerprint density at radius 1 is 1.27 bits per heavy atom. The van der Waals surface area contributed by atoms with E-state index in [0.717, 1.165) is 15.7 Å². The lowest BCUT2D eigenvalue weighted by atomic mass is 10.2. The Labute approximate surface area is 169 Å². The molecule has 2 aromatic rings. The second-order valence-corrected chi connectivity index (χ2v) is 8.00. The van der Waals surface area contributed by atoms with Gasteiger partial charge < -0.3 is 14.8 Å². The largest absolute Gasteiger partial charge is 0.489 e. The minimum absolute atomic E-state index is 0.193. The van der Waals surface area contributed by atoms with Gasteiger partial charge in [-0.3, -0.25) is 9.78 Å². The van der Waals surface area contributed by atoms with Crippen LogP contribution in [0, 0.1) is 6.92 Å². The molecule has 1 aliphatic heterocycles. The molecule has 1 aliphatic rings. The molecule has 0 radical (unpaired) electrons. The molecule has 3 rings (SSSR count). The number of pyridine rings is 1. The van der Waals surface area contributed by atoms with Crippen LogP contribution in [0.2, 0.25) is 0 Å². The van der Waals surface area contributed by atoms with Gasteiger partial charge in [0, 0.05) is 15.7 Å². The van der Waals surface area contributed by atoms with Crippen LogP contribution in [0.3, 0.4) is 0 Å². The van der Waals surface area contributed by atoms with Gasteiger partial charge in [-0.05, 0) is 43.3 Å². The quantitative estimate of drug-likeness (QED) is 0.406. The van der Waals surface area contributed by atoms with Gasteiger partial charge in [0.1, 0.15) is 29.0 Å². The van der Waals surface area contributed by atoms with E-state index in [4.69, 9.17) is 21.7 Å². The molecule has 1 fully saturated rings. The molecule has 8 heteroatoms. The highest BCUT2D eigenvalue weighted by atomic mass is 79.9. The summed E-state index contributed by atoms with van der Waals surface area (Å²) < 4.78 is 12.8. The van der Waals surface area contributed by atoms with Crippen LogP contribution in [0.5, 0.6) is 11.5 Å². The maximum atomic E-state index is 11.9. The van der Waals surface area contributed by atoms with Crippen molar-refractivity contribution in [3.05, 3.63) is 57.2 Å². The molecule has 0 saturated carbocycles. The number of carbonyl (C=O) groups excluding carboxylic acids is 1. The molecule has 26 heavy (non-hydrogen) atoms. The highest BCUT2D eigenvalue weighted by Gasteiger charge is 2.22. The third kappa shape index (κ3) is 5.06. The second-order valence-electron chi connectivity index (χ2n) is 5.37.